The molecule has 5 heteroatoms. The number of nitrogens with zero attached hydrogens (tertiary/aromatic N) is 3. The number of hydrogen-bond acceptors (Lipinski definition) is 5. The Kier molecular flexibility index (Phi) is 2.80. The van der Waals surface area contributed by atoms with Crippen molar-refractivity contribution < 1.29 is 4.84 Å². The molecule has 0 saturated carbocycles. The summed E-state index contributed by atoms with van der Waals surface area (Å²) in [5.74, 6) is 1.28. The summed E-state index contributed by atoms with van der Waals surface area (Å²) < 4.78 is 0. The van der Waals surface area contributed by atoms with Crippen LogP contribution in [0.2, 0.25) is 0 Å². The van der Waals surface area contributed by atoms with E-state index in [2.05, 4.69) is 41.4 Å². The van der Waals surface area contributed by atoms with E-state index in [0.29, 0.717) is 0 Å². The van der Waals surface area contributed by atoms with Gasteiger partial charge in [0, 0.05) is 25.4 Å². The highest BCUT2D eigenvalue weighted by Crippen LogP contribution is 2.33. The number of hydroxylamine groups is 2. The van der Waals surface area contributed by atoms with Gasteiger partial charge in [-0.2, -0.15) is 5.06 Å². The van der Waals surface area contributed by atoms with E-state index in [1.165, 1.54) is 22.8 Å². The van der Waals surface area contributed by atoms with E-state index in [1.807, 2.05) is 5.06 Å². The minimum Gasteiger partial charge on any atom is -0.360 e. The SMILES string of the molecule is CCN1C=C(C)CC2=C1N1CN(OC)CC1=CN2. The average Bonchev–Trinajstić information content (AvgIpc) is 2.80. The van der Waals surface area contributed by atoms with Crippen molar-refractivity contribution in [3.63, 3.8) is 0 Å². The molecule has 0 radical (unpaired) electrons. The van der Waals surface area contributed by atoms with Crippen LogP contribution in [-0.4, -0.2) is 41.7 Å². The van der Waals surface area contributed by atoms with Gasteiger partial charge in [0.05, 0.1) is 25.0 Å². The van der Waals surface area contributed by atoms with Crippen LogP contribution in [0.15, 0.2) is 35.2 Å². The first-order chi connectivity index (χ1) is 8.72. The molecule has 98 valence electrons. The van der Waals surface area contributed by atoms with Crippen molar-refractivity contribution >= 4 is 0 Å². The lowest BCUT2D eigenvalue weighted by Crippen LogP contribution is -2.39. The number of allylic oxidation sites excluding steroid dienone is 1. The molecule has 3 aliphatic rings. The van der Waals surface area contributed by atoms with Crippen LogP contribution in [-0.2, 0) is 4.84 Å². The average molecular weight is 248 g/mol. The maximum atomic E-state index is 5.34. The van der Waals surface area contributed by atoms with E-state index >= 15 is 0 Å². The maximum Gasteiger partial charge on any atom is 0.134 e. The number of nitrogens with one attached hydrogen (secondary N) is 1. The van der Waals surface area contributed by atoms with Gasteiger partial charge in [-0.3, -0.25) is 0 Å². The predicted molar refractivity (Wildman–Crippen MR) is 69.4 cm³/mol. The maximum absolute atomic E-state index is 5.34. The summed E-state index contributed by atoms with van der Waals surface area (Å²) >= 11 is 0. The van der Waals surface area contributed by atoms with Crippen molar-refractivity contribution in [1.29, 1.82) is 0 Å². The fourth-order valence-electron chi connectivity index (χ4n) is 2.76. The molecule has 1 N–H and O–H groups in total. The molecule has 1 fully saturated rings. The Morgan fingerprint density at radius 2 is 2.28 bits per heavy atom. The highest BCUT2D eigenvalue weighted by molar-refractivity contribution is 5.33. The van der Waals surface area contributed by atoms with E-state index in [-0.39, 0.29) is 0 Å². The Labute approximate surface area is 108 Å². The monoisotopic (exact) mass is 248 g/mol. The summed E-state index contributed by atoms with van der Waals surface area (Å²) in [6, 6.07) is 0. The van der Waals surface area contributed by atoms with Crippen LogP contribution in [0.25, 0.3) is 0 Å². The molecule has 1 saturated heterocycles. The van der Waals surface area contributed by atoms with Crippen LogP contribution >= 0.6 is 0 Å². The first-order valence-corrected chi connectivity index (χ1v) is 6.42. The molecule has 0 spiro atoms. The van der Waals surface area contributed by atoms with Crippen molar-refractivity contribution in [2.45, 2.75) is 20.3 Å². The molecule has 3 aliphatic heterocycles. The Morgan fingerprint density at radius 1 is 1.44 bits per heavy atom. The van der Waals surface area contributed by atoms with E-state index in [9.17, 15) is 0 Å². The van der Waals surface area contributed by atoms with Crippen LogP contribution in [0.1, 0.15) is 20.3 Å². The Hall–Kier alpha value is -1.46. The first-order valence-electron chi connectivity index (χ1n) is 6.42. The fourth-order valence-corrected chi connectivity index (χ4v) is 2.76. The second kappa shape index (κ2) is 4.33. The number of hydrogen-bond donors (Lipinski definition) is 1. The second-order valence-electron chi connectivity index (χ2n) is 4.91. The van der Waals surface area contributed by atoms with Gasteiger partial charge in [0.1, 0.15) is 12.5 Å². The molecule has 0 aliphatic carbocycles. The first kappa shape index (κ1) is 11.6. The van der Waals surface area contributed by atoms with Crippen molar-refractivity contribution in [2.24, 2.45) is 0 Å². The fraction of sp³-hybridized carbons (Fsp3) is 0.538. The molecule has 3 rings (SSSR count). The number of fused-ring (bicyclic) bond motifs is 2. The highest BCUT2D eigenvalue weighted by atomic mass is 16.7. The van der Waals surface area contributed by atoms with Crippen LogP contribution in [0.4, 0.5) is 0 Å². The predicted octanol–water partition coefficient (Wildman–Crippen LogP) is 1.37. The topological polar surface area (TPSA) is 31.0 Å². The van der Waals surface area contributed by atoms with Gasteiger partial charge in [0.25, 0.3) is 0 Å². The van der Waals surface area contributed by atoms with Gasteiger partial charge in [-0.05, 0) is 13.8 Å². The zero-order valence-corrected chi connectivity index (χ0v) is 11.2. The third-order valence-corrected chi connectivity index (χ3v) is 3.63. The lowest BCUT2D eigenvalue weighted by molar-refractivity contribution is -0.121. The van der Waals surface area contributed by atoms with Crippen LogP contribution in [0.3, 0.4) is 0 Å². The van der Waals surface area contributed by atoms with E-state index < -0.39 is 0 Å². The standard InChI is InChI=1S/C13H20N4O/c1-4-15-7-10(2)5-12-13(15)17-9-16(18-3)8-11(17)6-14-12/h6-7,14H,4-5,8-9H2,1-3H3. The second-order valence-corrected chi connectivity index (χ2v) is 4.91. The van der Waals surface area contributed by atoms with Gasteiger partial charge in [-0.15, -0.1) is 0 Å². The van der Waals surface area contributed by atoms with Gasteiger partial charge in [-0.1, -0.05) is 5.57 Å². The van der Waals surface area contributed by atoms with E-state index in [4.69, 9.17) is 4.84 Å². The normalized spacial score (nSPS) is 23.5. The third-order valence-electron chi connectivity index (χ3n) is 3.63. The van der Waals surface area contributed by atoms with Gasteiger partial charge >= 0.3 is 0 Å². The van der Waals surface area contributed by atoms with Crippen molar-refractivity contribution in [1.82, 2.24) is 20.2 Å². The van der Waals surface area contributed by atoms with Crippen molar-refractivity contribution in [2.75, 3.05) is 26.9 Å². The molecule has 0 amide bonds. The third kappa shape index (κ3) is 1.71. The number of rotatable bonds is 2. The molecule has 0 bridgehead atoms. The summed E-state index contributed by atoms with van der Waals surface area (Å²) in [5, 5.41) is 5.40. The lowest BCUT2D eigenvalue weighted by Gasteiger charge is -2.38. The minimum absolute atomic E-state index is 0.798. The van der Waals surface area contributed by atoms with E-state index in [1.54, 1.807) is 7.11 Å². The quantitative estimate of drug-likeness (QED) is 0.797. The summed E-state index contributed by atoms with van der Waals surface area (Å²) in [4.78, 5) is 9.99. The Morgan fingerprint density at radius 3 is 3.00 bits per heavy atom. The molecule has 0 aromatic heterocycles. The molecule has 3 heterocycles. The zero-order valence-electron chi connectivity index (χ0n) is 11.2. The minimum atomic E-state index is 0.798. The summed E-state index contributed by atoms with van der Waals surface area (Å²) in [6.45, 7) is 6.97. The molecule has 0 aromatic carbocycles. The molecule has 5 nitrogen and oxygen atoms in total. The largest absolute Gasteiger partial charge is 0.360 e. The summed E-state index contributed by atoms with van der Waals surface area (Å²) in [5.41, 5.74) is 3.95. The molecular weight excluding hydrogens is 228 g/mol. The molecular formula is C13H20N4O. The van der Waals surface area contributed by atoms with Gasteiger partial charge in [-0.25, -0.2) is 0 Å². The van der Waals surface area contributed by atoms with Gasteiger partial charge < -0.3 is 20.0 Å². The van der Waals surface area contributed by atoms with Crippen LogP contribution in [0, 0.1) is 0 Å². The molecule has 0 atom stereocenters. The smallest absolute Gasteiger partial charge is 0.134 e. The van der Waals surface area contributed by atoms with Crippen LogP contribution in [0.5, 0.6) is 0 Å². The molecule has 18 heavy (non-hydrogen) atoms. The van der Waals surface area contributed by atoms with Crippen LogP contribution < -0.4 is 5.32 Å². The molecule has 0 aromatic rings. The highest BCUT2D eigenvalue weighted by Gasteiger charge is 2.34. The van der Waals surface area contributed by atoms with Crippen molar-refractivity contribution in [3.05, 3.63) is 35.2 Å². The van der Waals surface area contributed by atoms with Gasteiger partial charge in [0.2, 0.25) is 0 Å². The summed E-state index contributed by atoms with van der Waals surface area (Å²) in [6.07, 6.45) is 5.35. The molecule has 0 unspecified atom stereocenters. The van der Waals surface area contributed by atoms with Gasteiger partial charge in [0.15, 0.2) is 0 Å². The zero-order chi connectivity index (χ0) is 12.7. The lowest BCUT2D eigenvalue weighted by atomic mass is 10.1. The Bertz CT molecular complexity index is 452. The summed E-state index contributed by atoms with van der Waals surface area (Å²) in [7, 11) is 1.73. The van der Waals surface area contributed by atoms with E-state index in [0.717, 1.165) is 26.2 Å². The van der Waals surface area contributed by atoms with Crippen molar-refractivity contribution in [3.8, 4) is 0 Å². The Balaban J connectivity index is 1.92.